The molecule has 0 aromatic carbocycles. The van der Waals surface area contributed by atoms with Gasteiger partial charge in [-0.25, -0.2) is 0 Å². The lowest BCUT2D eigenvalue weighted by atomic mass is 10.0. The molecule has 1 aliphatic heterocycles. The zero-order valence-corrected chi connectivity index (χ0v) is 14.7. The van der Waals surface area contributed by atoms with Crippen molar-refractivity contribution in [3.8, 4) is 0 Å². The van der Waals surface area contributed by atoms with Gasteiger partial charge in [-0.1, -0.05) is 13.0 Å². The van der Waals surface area contributed by atoms with Gasteiger partial charge in [-0.3, -0.25) is 9.69 Å². The third-order valence-electron chi connectivity index (χ3n) is 4.17. The Balaban J connectivity index is 1.92. The maximum absolute atomic E-state index is 12.3. The standard InChI is InChI=1S/C17H28N2O2S/c1-4-17(2,3)18-16(20)13-19(11-14-7-5-9-21-14)12-15-8-6-10-22-15/h6,8,10,14H,4-5,7,9,11-13H2,1-3H3,(H,18,20). The summed E-state index contributed by atoms with van der Waals surface area (Å²) in [5, 5.41) is 5.21. The Labute approximate surface area is 137 Å². The van der Waals surface area contributed by atoms with Crippen molar-refractivity contribution in [3.63, 3.8) is 0 Å². The number of nitrogens with zero attached hydrogens (tertiary/aromatic N) is 1. The van der Waals surface area contributed by atoms with Crippen molar-refractivity contribution in [1.29, 1.82) is 0 Å². The monoisotopic (exact) mass is 324 g/mol. The van der Waals surface area contributed by atoms with Crippen LogP contribution in [0, 0.1) is 0 Å². The second kappa shape index (κ2) is 8.09. The molecule has 1 fully saturated rings. The molecule has 1 N–H and O–H groups in total. The molecule has 124 valence electrons. The fraction of sp³-hybridized carbons (Fsp3) is 0.706. The van der Waals surface area contributed by atoms with Crippen LogP contribution in [0.5, 0.6) is 0 Å². The highest BCUT2D eigenvalue weighted by Gasteiger charge is 2.23. The Morgan fingerprint density at radius 1 is 1.55 bits per heavy atom. The van der Waals surface area contributed by atoms with Crippen molar-refractivity contribution in [2.24, 2.45) is 0 Å². The van der Waals surface area contributed by atoms with Crippen LogP contribution >= 0.6 is 11.3 Å². The summed E-state index contributed by atoms with van der Waals surface area (Å²) in [7, 11) is 0. The zero-order chi connectivity index (χ0) is 16.0. The van der Waals surface area contributed by atoms with E-state index in [1.807, 2.05) is 0 Å². The number of nitrogens with one attached hydrogen (secondary N) is 1. The van der Waals surface area contributed by atoms with E-state index in [0.29, 0.717) is 6.54 Å². The summed E-state index contributed by atoms with van der Waals surface area (Å²) < 4.78 is 5.74. The quantitative estimate of drug-likeness (QED) is 0.799. The van der Waals surface area contributed by atoms with Gasteiger partial charge in [-0.15, -0.1) is 11.3 Å². The van der Waals surface area contributed by atoms with Gasteiger partial charge in [0.25, 0.3) is 0 Å². The van der Waals surface area contributed by atoms with Crippen LogP contribution in [0.4, 0.5) is 0 Å². The molecule has 0 saturated carbocycles. The second-order valence-electron chi connectivity index (χ2n) is 6.67. The first-order valence-electron chi connectivity index (χ1n) is 8.16. The molecule has 0 bridgehead atoms. The van der Waals surface area contributed by atoms with Crippen LogP contribution in [0.15, 0.2) is 17.5 Å². The summed E-state index contributed by atoms with van der Waals surface area (Å²) in [6.45, 7) is 9.16. The molecule has 1 atom stereocenters. The lowest BCUT2D eigenvalue weighted by Gasteiger charge is -2.28. The van der Waals surface area contributed by atoms with Crippen LogP contribution in [-0.2, 0) is 16.1 Å². The Kier molecular flexibility index (Phi) is 6.41. The van der Waals surface area contributed by atoms with Gasteiger partial charge in [-0.2, -0.15) is 0 Å². The van der Waals surface area contributed by atoms with E-state index in [4.69, 9.17) is 4.74 Å². The minimum atomic E-state index is -0.143. The Hall–Kier alpha value is -0.910. The SMILES string of the molecule is CCC(C)(C)NC(=O)CN(Cc1cccs1)CC1CCCO1. The number of rotatable bonds is 8. The topological polar surface area (TPSA) is 41.6 Å². The van der Waals surface area contributed by atoms with Gasteiger partial charge in [-0.05, 0) is 44.6 Å². The summed E-state index contributed by atoms with van der Waals surface area (Å²) >= 11 is 1.74. The highest BCUT2D eigenvalue weighted by Crippen LogP contribution is 2.17. The van der Waals surface area contributed by atoms with E-state index in [0.717, 1.165) is 39.0 Å². The van der Waals surface area contributed by atoms with E-state index in [2.05, 4.69) is 48.5 Å². The molecule has 5 heteroatoms. The molecule has 2 heterocycles. The number of carbonyl (C=O) groups excluding carboxylic acids is 1. The lowest BCUT2D eigenvalue weighted by Crippen LogP contribution is -2.48. The van der Waals surface area contributed by atoms with Gasteiger partial charge in [0.1, 0.15) is 0 Å². The zero-order valence-electron chi connectivity index (χ0n) is 13.9. The van der Waals surface area contributed by atoms with Crippen molar-refractivity contribution in [2.75, 3.05) is 19.7 Å². The molecule has 1 saturated heterocycles. The number of ether oxygens (including phenoxy) is 1. The van der Waals surface area contributed by atoms with Crippen LogP contribution in [0.3, 0.4) is 0 Å². The van der Waals surface area contributed by atoms with E-state index < -0.39 is 0 Å². The van der Waals surface area contributed by atoms with Crippen LogP contribution in [0.2, 0.25) is 0 Å². The number of amides is 1. The minimum absolute atomic E-state index is 0.0985. The summed E-state index contributed by atoms with van der Waals surface area (Å²) in [5.74, 6) is 0.0985. The lowest BCUT2D eigenvalue weighted by molar-refractivity contribution is -0.124. The molecule has 2 rings (SSSR count). The van der Waals surface area contributed by atoms with Crippen molar-refractivity contribution >= 4 is 17.2 Å². The first kappa shape index (κ1) is 17.4. The van der Waals surface area contributed by atoms with Crippen LogP contribution in [-0.4, -0.2) is 42.1 Å². The van der Waals surface area contributed by atoms with Crippen molar-refractivity contribution in [1.82, 2.24) is 10.2 Å². The van der Waals surface area contributed by atoms with Crippen molar-refractivity contribution in [3.05, 3.63) is 22.4 Å². The number of hydrogen-bond acceptors (Lipinski definition) is 4. The van der Waals surface area contributed by atoms with E-state index >= 15 is 0 Å². The third-order valence-corrected chi connectivity index (χ3v) is 5.04. The Morgan fingerprint density at radius 2 is 2.36 bits per heavy atom. The van der Waals surface area contributed by atoms with Crippen molar-refractivity contribution in [2.45, 2.75) is 58.2 Å². The molecule has 1 aliphatic rings. The fourth-order valence-electron chi connectivity index (χ4n) is 2.59. The molecule has 0 aliphatic carbocycles. The molecule has 0 spiro atoms. The smallest absolute Gasteiger partial charge is 0.234 e. The summed E-state index contributed by atoms with van der Waals surface area (Å²) in [6, 6.07) is 4.19. The molecule has 0 radical (unpaired) electrons. The third kappa shape index (κ3) is 5.71. The van der Waals surface area contributed by atoms with E-state index in [9.17, 15) is 4.79 Å². The van der Waals surface area contributed by atoms with Gasteiger partial charge < -0.3 is 10.1 Å². The van der Waals surface area contributed by atoms with Crippen LogP contribution in [0.1, 0.15) is 44.9 Å². The average Bonchev–Trinajstić information content (AvgIpc) is 3.11. The summed E-state index contributed by atoms with van der Waals surface area (Å²) in [5.41, 5.74) is -0.143. The molecular formula is C17H28N2O2S. The van der Waals surface area contributed by atoms with Gasteiger partial charge in [0.15, 0.2) is 0 Å². The maximum Gasteiger partial charge on any atom is 0.234 e. The molecule has 1 amide bonds. The second-order valence-corrected chi connectivity index (χ2v) is 7.70. The average molecular weight is 324 g/mol. The normalized spacial score (nSPS) is 18.8. The van der Waals surface area contributed by atoms with Gasteiger partial charge >= 0.3 is 0 Å². The van der Waals surface area contributed by atoms with E-state index in [-0.39, 0.29) is 17.6 Å². The maximum atomic E-state index is 12.3. The molecule has 1 aromatic rings. The predicted octanol–water partition coefficient (Wildman–Crippen LogP) is 3.03. The van der Waals surface area contributed by atoms with E-state index in [1.54, 1.807) is 11.3 Å². The minimum Gasteiger partial charge on any atom is -0.377 e. The first-order chi connectivity index (χ1) is 10.5. The molecule has 1 aromatic heterocycles. The number of carbonyl (C=O) groups is 1. The fourth-order valence-corrected chi connectivity index (χ4v) is 3.34. The van der Waals surface area contributed by atoms with Gasteiger partial charge in [0, 0.05) is 30.1 Å². The largest absolute Gasteiger partial charge is 0.377 e. The summed E-state index contributed by atoms with van der Waals surface area (Å²) in [6.07, 6.45) is 3.43. The van der Waals surface area contributed by atoms with E-state index in [1.165, 1.54) is 4.88 Å². The number of hydrogen-bond donors (Lipinski definition) is 1. The highest BCUT2D eigenvalue weighted by atomic mass is 32.1. The molecule has 1 unspecified atom stereocenters. The Bertz CT molecular complexity index is 453. The highest BCUT2D eigenvalue weighted by molar-refractivity contribution is 7.09. The van der Waals surface area contributed by atoms with Gasteiger partial charge in [0.05, 0.1) is 12.6 Å². The van der Waals surface area contributed by atoms with Crippen molar-refractivity contribution < 1.29 is 9.53 Å². The number of thiophene rings is 1. The van der Waals surface area contributed by atoms with Crippen LogP contribution in [0.25, 0.3) is 0 Å². The molecule has 22 heavy (non-hydrogen) atoms. The molecular weight excluding hydrogens is 296 g/mol. The summed E-state index contributed by atoms with van der Waals surface area (Å²) in [4.78, 5) is 15.8. The van der Waals surface area contributed by atoms with Gasteiger partial charge in [0.2, 0.25) is 5.91 Å². The molecule has 4 nitrogen and oxygen atoms in total. The Morgan fingerprint density at radius 3 is 2.95 bits per heavy atom. The van der Waals surface area contributed by atoms with Crippen LogP contribution < -0.4 is 5.32 Å². The predicted molar refractivity (Wildman–Crippen MR) is 91.1 cm³/mol. The first-order valence-corrected chi connectivity index (χ1v) is 9.04.